The van der Waals surface area contributed by atoms with Crippen LogP contribution < -0.4 is 4.90 Å². The van der Waals surface area contributed by atoms with Crippen LogP contribution in [-0.2, 0) is 0 Å². The molecule has 1 heterocycles. The van der Waals surface area contributed by atoms with E-state index in [2.05, 4.69) is 49.1 Å². The standard InChI is InChI=1S/C33H42N2O2/c1-5-7-9-11-14-26(15-12-10-8-6-2)35-32(36)29-17-13-16-28-27(22-23-30(31(28)29)33(35)37)24-18-20-25(21-19-24)34(3)4/h13,16-23,26H,5-12,14-15H2,1-4H3. The van der Waals surface area contributed by atoms with Crippen molar-refractivity contribution in [3.05, 3.63) is 65.7 Å². The van der Waals surface area contributed by atoms with Gasteiger partial charge in [-0.1, -0.05) is 95.5 Å². The van der Waals surface area contributed by atoms with Gasteiger partial charge in [0, 0.05) is 42.3 Å². The molecule has 4 rings (SSSR count). The van der Waals surface area contributed by atoms with Crippen LogP contribution in [0.3, 0.4) is 0 Å². The summed E-state index contributed by atoms with van der Waals surface area (Å²) >= 11 is 0. The van der Waals surface area contributed by atoms with Crippen LogP contribution in [0, 0.1) is 0 Å². The summed E-state index contributed by atoms with van der Waals surface area (Å²) < 4.78 is 0. The van der Waals surface area contributed by atoms with Gasteiger partial charge in [0.1, 0.15) is 0 Å². The Labute approximate surface area is 222 Å². The van der Waals surface area contributed by atoms with Gasteiger partial charge in [0.05, 0.1) is 0 Å². The number of nitrogens with zero attached hydrogens (tertiary/aromatic N) is 2. The number of carbonyl (C=O) groups is 2. The first-order valence-electron chi connectivity index (χ1n) is 14.2. The molecule has 0 aromatic heterocycles. The van der Waals surface area contributed by atoms with E-state index in [1.165, 1.54) is 25.7 Å². The van der Waals surface area contributed by atoms with E-state index in [0.717, 1.165) is 66.1 Å². The van der Waals surface area contributed by atoms with E-state index >= 15 is 0 Å². The highest BCUT2D eigenvalue weighted by Gasteiger charge is 2.37. The monoisotopic (exact) mass is 498 g/mol. The van der Waals surface area contributed by atoms with Crippen LogP contribution in [0.15, 0.2) is 54.6 Å². The Morgan fingerprint density at radius 1 is 0.676 bits per heavy atom. The summed E-state index contributed by atoms with van der Waals surface area (Å²) in [4.78, 5) is 31.5. The first kappa shape index (κ1) is 26.9. The van der Waals surface area contributed by atoms with E-state index in [9.17, 15) is 9.59 Å². The summed E-state index contributed by atoms with van der Waals surface area (Å²) in [7, 11) is 4.06. The maximum Gasteiger partial charge on any atom is 0.261 e. The molecule has 0 aliphatic carbocycles. The lowest BCUT2D eigenvalue weighted by Crippen LogP contribution is -2.47. The number of imide groups is 1. The molecule has 3 aromatic carbocycles. The molecule has 0 unspecified atom stereocenters. The van der Waals surface area contributed by atoms with Crippen molar-refractivity contribution in [2.45, 2.75) is 84.1 Å². The van der Waals surface area contributed by atoms with Crippen molar-refractivity contribution in [1.29, 1.82) is 0 Å². The van der Waals surface area contributed by atoms with Crippen molar-refractivity contribution in [1.82, 2.24) is 4.90 Å². The zero-order valence-electron chi connectivity index (χ0n) is 23.1. The second-order valence-electron chi connectivity index (χ2n) is 10.7. The van der Waals surface area contributed by atoms with E-state index < -0.39 is 0 Å². The van der Waals surface area contributed by atoms with Gasteiger partial charge in [-0.15, -0.1) is 0 Å². The van der Waals surface area contributed by atoms with Crippen LogP contribution in [0.25, 0.3) is 21.9 Å². The number of anilines is 1. The average molecular weight is 499 g/mol. The quantitative estimate of drug-likeness (QED) is 0.175. The minimum absolute atomic E-state index is 0.0321. The summed E-state index contributed by atoms with van der Waals surface area (Å²) in [5, 5.41) is 1.77. The fourth-order valence-electron chi connectivity index (χ4n) is 5.65. The summed E-state index contributed by atoms with van der Waals surface area (Å²) in [6.07, 6.45) is 11.0. The molecule has 0 bridgehead atoms. The molecule has 2 amide bonds. The van der Waals surface area contributed by atoms with E-state index in [4.69, 9.17) is 0 Å². The molecule has 0 saturated heterocycles. The second kappa shape index (κ2) is 12.4. The van der Waals surface area contributed by atoms with Crippen molar-refractivity contribution < 1.29 is 9.59 Å². The number of rotatable bonds is 13. The van der Waals surface area contributed by atoms with Crippen LogP contribution in [0.2, 0.25) is 0 Å². The molecule has 196 valence electrons. The SMILES string of the molecule is CCCCCCC(CCCCCC)N1C(=O)c2cccc3c(-c4ccc(N(C)C)cc4)ccc(c23)C1=O. The van der Waals surface area contributed by atoms with Gasteiger partial charge in [0.25, 0.3) is 11.8 Å². The highest BCUT2D eigenvalue weighted by atomic mass is 16.2. The molecule has 4 heteroatoms. The third-order valence-electron chi connectivity index (χ3n) is 7.78. The molecule has 4 nitrogen and oxygen atoms in total. The van der Waals surface area contributed by atoms with Crippen molar-refractivity contribution in [2.24, 2.45) is 0 Å². The molecule has 1 aliphatic rings. The Morgan fingerprint density at radius 2 is 1.24 bits per heavy atom. The number of carbonyl (C=O) groups excluding carboxylic acids is 2. The predicted molar refractivity (Wildman–Crippen MR) is 156 cm³/mol. The summed E-state index contributed by atoms with van der Waals surface area (Å²) in [6, 6.07) is 18.3. The molecule has 0 radical (unpaired) electrons. The maximum atomic E-state index is 13.9. The van der Waals surface area contributed by atoms with Gasteiger partial charge < -0.3 is 4.90 Å². The van der Waals surface area contributed by atoms with Crippen molar-refractivity contribution in [3.8, 4) is 11.1 Å². The molecule has 0 atom stereocenters. The van der Waals surface area contributed by atoms with Gasteiger partial charge >= 0.3 is 0 Å². The van der Waals surface area contributed by atoms with Crippen molar-refractivity contribution >= 4 is 28.3 Å². The van der Waals surface area contributed by atoms with Crippen molar-refractivity contribution in [3.63, 3.8) is 0 Å². The first-order valence-corrected chi connectivity index (χ1v) is 14.2. The Hall–Kier alpha value is -3.14. The van der Waals surface area contributed by atoms with Gasteiger partial charge in [0.15, 0.2) is 0 Å². The Morgan fingerprint density at radius 3 is 1.81 bits per heavy atom. The molecule has 0 spiro atoms. The normalized spacial score (nSPS) is 13.2. The fourth-order valence-corrected chi connectivity index (χ4v) is 5.65. The molecular weight excluding hydrogens is 456 g/mol. The number of hydrogen-bond donors (Lipinski definition) is 0. The lowest BCUT2D eigenvalue weighted by molar-refractivity contribution is 0.0517. The number of benzene rings is 3. The third kappa shape index (κ3) is 5.74. The summed E-state index contributed by atoms with van der Waals surface area (Å²) in [6.45, 7) is 4.42. The van der Waals surface area contributed by atoms with Gasteiger partial charge in [-0.3, -0.25) is 14.5 Å². The highest BCUT2D eigenvalue weighted by molar-refractivity contribution is 6.27. The minimum Gasteiger partial charge on any atom is -0.378 e. The first-order chi connectivity index (χ1) is 18.0. The van der Waals surface area contributed by atoms with Crippen LogP contribution in [0.4, 0.5) is 5.69 Å². The van der Waals surface area contributed by atoms with Crippen LogP contribution >= 0.6 is 0 Å². The van der Waals surface area contributed by atoms with Gasteiger partial charge in [-0.05, 0) is 53.6 Å². The molecule has 37 heavy (non-hydrogen) atoms. The second-order valence-corrected chi connectivity index (χ2v) is 10.7. The molecule has 0 N–H and O–H groups in total. The zero-order valence-corrected chi connectivity index (χ0v) is 23.1. The lowest BCUT2D eigenvalue weighted by atomic mass is 9.87. The summed E-state index contributed by atoms with van der Waals surface area (Å²) in [5.74, 6) is -0.252. The van der Waals surface area contributed by atoms with Crippen LogP contribution in [0.5, 0.6) is 0 Å². The Bertz CT molecular complexity index is 1190. The van der Waals surface area contributed by atoms with Gasteiger partial charge in [-0.25, -0.2) is 0 Å². The van der Waals surface area contributed by atoms with Crippen LogP contribution in [0.1, 0.15) is 98.8 Å². The van der Waals surface area contributed by atoms with E-state index in [0.29, 0.717) is 11.1 Å². The Balaban J connectivity index is 1.69. The topological polar surface area (TPSA) is 40.6 Å². The number of unbranched alkanes of at least 4 members (excludes halogenated alkanes) is 6. The maximum absolute atomic E-state index is 13.9. The van der Waals surface area contributed by atoms with E-state index in [1.54, 1.807) is 4.90 Å². The number of amides is 2. The largest absolute Gasteiger partial charge is 0.378 e. The van der Waals surface area contributed by atoms with E-state index in [1.807, 2.05) is 38.4 Å². The fraction of sp³-hybridized carbons (Fsp3) is 0.455. The third-order valence-corrected chi connectivity index (χ3v) is 7.78. The smallest absolute Gasteiger partial charge is 0.261 e. The average Bonchev–Trinajstić information content (AvgIpc) is 2.91. The molecule has 1 aliphatic heterocycles. The predicted octanol–water partition coefficient (Wildman–Crippen LogP) is 8.48. The molecule has 0 saturated carbocycles. The summed E-state index contributed by atoms with van der Waals surface area (Å²) in [5.41, 5.74) is 4.59. The molecule has 0 fully saturated rings. The highest BCUT2D eigenvalue weighted by Crippen LogP contribution is 2.38. The van der Waals surface area contributed by atoms with Gasteiger partial charge in [-0.2, -0.15) is 0 Å². The Kier molecular flexibility index (Phi) is 9.02. The van der Waals surface area contributed by atoms with Crippen LogP contribution in [-0.4, -0.2) is 36.9 Å². The van der Waals surface area contributed by atoms with Crippen molar-refractivity contribution in [2.75, 3.05) is 19.0 Å². The number of hydrogen-bond acceptors (Lipinski definition) is 3. The molecule has 3 aromatic rings. The minimum atomic E-state index is -0.126. The van der Waals surface area contributed by atoms with Gasteiger partial charge in [0.2, 0.25) is 0 Å². The molecular formula is C33H42N2O2. The lowest BCUT2D eigenvalue weighted by Gasteiger charge is -2.34. The zero-order chi connectivity index (χ0) is 26.4. The van der Waals surface area contributed by atoms with E-state index in [-0.39, 0.29) is 17.9 Å².